The van der Waals surface area contributed by atoms with Crippen molar-refractivity contribution in [1.82, 2.24) is 0 Å². The van der Waals surface area contributed by atoms with Crippen LogP contribution < -0.4 is 5.32 Å². The van der Waals surface area contributed by atoms with Crippen LogP contribution in [0.2, 0.25) is 0 Å². The zero-order chi connectivity index (χ0) is 13.1. The van der Waals surface area contributed by atoms with Crippen LogP contribution in [-0.4, -0.2) is 24.9 Å². The summed E-state index contributed by atoms with van der Waals surface area (Å²) >= 11 is 0. The second-order valence-corrected chi connectivity index (χ2v) is 3.82. The number of anilines is 1. The minimum Gasteiger partial charge on any atom is -0.464 e. The van der Waals surface area contributed by atoms with Gasteiger partial charge in [0.15, 0.2) is 6.04 Å². The molecule has 0 radical (unpaired) electrons. The van der Waals surface area contributed by atoms with Gasteiger partial charge in [-0.05, 0) is 36.8 Å². The fourth-order valence-electron chi connectivity index (χ4n) is 1.80. The molecule has 0 fully saturated rings. The molecule has 0 aliphatic carbocycles. The maximum atomic E-state index is 13.1. The summed E-state index contributed by atoms with van der Waals surface area (Å²) in [5, 5.41) is 2.81. The van der Waals surface area contributed by atoms with Gasteiger partial charge in [-0.3, -0.25) is 4.79 Å². The molecule has 5 heteroatoms. The minimum absolute atomic E-state index is 0.221. The molecule has 94 valence electrons. The summed E-state index contributed by atoms with van der Waals surface area (Å²) in [6.07, 6.45) is 2.15. The maximum absolute atomic E-state index is 13.1. The van der Waals surface area contributed by atoms with Crippen LogP contribution in [0.1, 0.15) is 12.5 Å². The lowest BCUT2D eigenvalue weighted by atomic mass is 9.98. The van der Waals surface area contributed by atoms with Crippen LogP contribution >= 0.6 is 0 Å². The van der Waals surface area contributed by atoms with Gasteiger partial charge in [0.1, 0.15) is 12.1 Å². The van der Waals surface area contributed by atoms with E-state index in [0.717, 1.165) is 0 Å². The van der Waals surface area contributed by atoms with Gasteiger partial charge in [0, 0.05) is 11.3 Å². The van der Waals surface area contributed by atoms with Crippen molar-refractivity contribution in [3.63, 3.8) is 0 Å². The van der Waals surface area contributed by atoms with E-state index in [1.165, 1.54) is 12.1 Å². The Hall–Kier alpha value is -2.17. The average molecular weight is 249 g/mol. The number of hydrogen-bond donors (Lipinski definition) is 1. The number of ether oxygens (including phenoxy) is 1. The molecule has 0 amide bonds. The van der Waals surface area contributed by atoms with Gasteiger partial charge in [0.2, 0.25) is 0 Å². The number of fused-ring (bicyclic) bond motifs is 1. The first-order valence-corrected chi connectivity index (χ1v) is 5.55. The Morgan fingerprint density at radius 3 is 3.00 bits per heavy atom. The number of esters is 1. The van der Waals surface area contributed by atoms with Gasteiger partial charge in [-0.25, -0.2) is 9.18 Å². The number of halogens is 1. The fraction of sp³-hybridized carbons (Fsp3) is 0.231. The van der Waals surface area contributed by atoms with Crippen molar-refractivity contribution < 1.29 is 18.7 Å². The summed E-state index contributed by atoms with van der Waals surface area (Å²) in [5.41, 5.74) is 1.41. The van der Waals surface area contributed by atoms with Crippen LogP contribution in [0.4, 0.5) is 10.1 Å². The first-order valence-electron chi connectivity index (χ1n) is 5.55. The number of carbonyl (C=O) groups is 2. The Kier molecular flexibility index (Phi) is 3.41. The van der Waals surface area contributed by atoms with Crippen LogP contribution in [0.5, 0.6) is 0 Å². The zero-order valence-corrected chi connectivity index (χ0v) is 9.77. The first-order chi connectivity index (χ1) is 8.65. The lowest BCUT2D eigenvalue weighted by Crippen LogP contribution is -2.35. The number of rotatable bonds is 3. The van der Waals surface area contributed by atoms with Gasteiger partial charge in [0.05, 0.1) is 6.61 Å². The van der Waals surface area contributed by atoms with E-state index in [4.69, 9.17) is 4.74 Å². The quantitative estimate of drug-likeness (QED) is 0.655. The Balaban J connectivity index is 2.37. The summed E-state index contributed by atoms with van der Waals surface area (Å²) < 4.78 is 18.0. The third-order valence-corrected chi connectivity index (χ3v) is 2.63. The van der Waals surface area contributed by atoms with E-state index in [1.54, 1.807) is 19.1 Å². The summed E-state index contributed by atoms with van der Waals surface area (Å²) in [6.45, 7) is 1.90. The van der Waals surface area contributed by atoms with Gasteiger partial charge in [-0.1, -0.05) is 0 Å². The van der Waals surface area contributed by atoms with E-state index in [1.807, 2.05) is 0 Å². The molecule has 1 aliphatic rings. The number of carbonyl (C=O) groups excluding carboxylic acids is 2. The van der Waals surface area contributed by atoms with Gasteiger partial charge in [-0.2, -0.15) is 0 Å². The van der Waals surface area contributed by atoms with Crippen LogP contribution in [0, 0.1) is 5.82 Å². The molecule has 1 atom stereocenters. The largest absolute Gasteiger partial charge is 0.464 e. The highest BCUT2D eigenvalue weighted by Crippen LogP contribution is 2.27. The molecule has 0 saturated carbocycles. The van der Waals surface area contributed by atoms with Crippen LogP contribution in [-0.2, 0) is 14.3 Å². The topological polar surface area (TPSA) is 55.4 Å². The van der Waals surface area contributed by atoms with Gasteiger partial charge < -0.3 is 10.1 Å². The van der Waals surface area contributed by atoms with Crippen LogP contribution in [0.25, 0.3) is 6.08 Å². The Morgan fingerprint density at radius 2 is 2.33 bits per heavy atom. The molecule has 1 N–H and O–H groups in total. The molecular formula is C13H12FNO3. The Bertz CT molecular complexity index is 525. The molecule has 0 aromatic heterocycles. The number of aldehydes is 1. The van der Waals surface area contributed by atoms with Gasteiger partial charge in [0.25, 0.3) is 0 Å². The number of nitrogens with one attached hydrogen (secondary N) is 1. The highest BCUT2D eigenvalue weighted by molar-refractivity contribution is 5.99. The molecule has 1 heterocycles. The Morgan fingerprint density at radius 1 is 1.56 bits per heavy atom. The molecular weight excluding hydrogens is 237 g/mol. The summed E-state index contributed by atoms with van der Waals surface area (Å²) in [6, 6.07) is 3.24. The van der Waals surface area contributed by atoms with Gasteiger partial charge >= 0.3 is 5.97 Å². The highest BCUT2D eigenvalue weighted by Gasteiger charge is 2.28. The second-order valence-electron chi connectivity index (χ2n) is 3.82. The standard InChI is InChI=1S/C13H12FNO3/c1-2-18-13(17)12-9(7-16)5-8-3-4-10(14)6-11(8)15-12/h3-7,12,15H,2H2,1H3/t12-/m0/s1. The molecule has 0 spiro atoms. The average Bonchev–Trinajstić information content (AvgIpc) is 2.37. The van der Waals surface area contributed by atoms with Crippen molar-refractivity contribution in [2.45, 2.75) is 13.0 Å². The van der Waals surface area contributed by atoms with Crippen LogP contribution in [0.3, 0.4) is 0 Å². The molecule has 1 aliphatic heterocycles. The van der Waals surface area contributed by atoms with Crippen LogP contribution in [0.15, 0.2) is 23.8 Å². The first kappa shape index (κ1) is 12.3. The number of benzene rings is 1. The fourth-order valence-corrected chi connectivity index (χ4v) is 1.80. The lowest BCUT2D eigenvalue weighted by Gasteiger charge is -2.24. The maximum Gasteiger partial charge on any atom is 0.333 e. The molecule has 18 heavy (non-hydrogen) atoms. The zero-order valence-electron chi connectivity index (χ0n) is 9.77. The van der Waals surface area contributed by atoms with Crippen molar-refractivity contribution in [3.05, 3.63) is 35.2 Å². The molecule has 0 saturated heterocycles. The summed E-state index contributed by atoms with van der Waals surface area (Å²) in [5.74, 6) is -0.961. The summed E-state index contributed by atoms with van der Waals surface area (Å²) in [7, 11) is 0. The monoisotopic (exact) mass is 249 g/mol. The van der Waals surface area contributed by atoms with Crippen molar-refractivity contribution in [2.75, 3.05) is 11.9 Å². The van der Waals surface area contributed by atoms with E-state index >= 15 is 0 Å². The van der Waals surface area contributed by atoms with Crippen molar-refractivity contribution in [2.24, 2.45) is 0 Å². The SMILES string of the molecule is CCOC(=O)[C@H]1Nc2cc(F)ccc2C=C1C=O. The number of hydrogen-bond acceptors (Lipinski definition) is 4. The molecule has 1 aromatic carbocycles. The molecule has 0 bridgehead atoms. The van der Waals surface area contributed by atoms with Crippen molar-refractivity contribution in [1.29, 1.82) is 0 Å². The summed E-state index contributed by atoms with van der Waals surface area (Å²) in [4.78, 5) is 22.6. The van der Waals surface area contributed by atoms with E-state index in [-0.39, 0.29) is 12.2 Å². The van der Waals surface area contributed by atoms with E-state index < -0.39 is 17.8 Å². The van der Waals surface area contributed by atoms with E-state index in [2.05, 4.69) is 5.32 Å². The van der Waals surface area contributed by atoms with Crippen molar-refractivity contribution in [3.8, 4) is 0 Å². The lowest BCUT2D eigenvalue weighted by molar-refractivity contribution is -0.143. The van der Waals surface area contributed by atoms with Gasteiger partial charge in [-0.15, -0.1) is 0 Å². The molecule has 4 nitrogen and oxygen atoms in total. The third kappa shape index (κ3) is 2.25. The Labute approximate surface area is 103 Å². The highest BCUT2D eigenvalue weighted by atomic mass is 19.1. The van der Waals surface area contributed by atoms with E-state index in [0.29, 0.717) is 17.5 Å². The molecule has 0 unspecified atom stereocenters. The minimum atomic E-state index is -0.878. The normalized spacial score (nSPS) is 17.2. The smallest absolute Gasteiger partial charge is 0.333 e. The molecule has 1 aromatic rings. The third-order valence-electron chi connectivity index (χ3n) is 2.63. The molecule has 2 rings (SSSR count). The predicted octanol–water partition coefficient (Wildman–Crippen LogP) is 1.77. The van der Waals surface area contributed by atoms with E-state index in [9.17, 15) is 14.0 Å². The van der Waals surface area contributed by atoms with Crippen molar-refractivity contribution >= 4 is 24.0 Å². The second kappa shape index (κ2) is 5.00. The predicted molar refractivity (Wildman–Crippen MR) is 64.5 cm³/mol.